The highest BCUT2D eigenvalue weighted by atomic mass is 32.1. The predicted octanol–water partition coefficient (Wildman–Crippen LogP) is 3.55. The number of fused-ring (bicyclic) bond motifs is 1. The van der Waals surface area contributed by atoms with Crippen molar-refractivity contribution in [2.75, 3.05) is 0 Å². The summed E-state index contributed by atoms with van der Waals surface area (Å²) in [7, 11) is 0. The van der Waals surface area contributed by atoms with E-state index in [1.807, 2.05) is 12.1 Å². The summed E-state index contributed by atoms with van der Waals surface area (Å²) in [5, 5.41) is 12.2. The number of carboxylic acids is 1. The van der Waals surface area contributed by atoms with E-state index in [9.17, 15) is 9.59 Å². The zero-order valence-corrected chi connectivity index (χ0v) is 16.3. The van der Waals surface area contributed by atoms with E-state index in [1.54, 1.807) is 17.5 Å². The second-order valence-electron chi connectivity index (χ2n) is 6.74. The van der Waals surface area contributed by atoms with Gasteiger partial charge >= 0.3 is 5.97 Å². The van der Waals surface area contributed by atoms with E-state index in [0.29, 0.717) is 11.6 Å². The molecule has 6 nitrogen and oxygen atoms in total. The Labute approximate surface area is 160 Å². The highest BCUT2D eigenvalue weighted by molar-refractivity contribution is 7.09. The van der Waals surface area contributed by atoms with E-state index < -0.39 is 5.97 Å². The van der Waals surface area contributed by atoms with Crippen LogP contribution >= 0.6 is 11.3 Å². The van der Waals surface area contributed by atoms with Crippen LogP contribution in [0.3, 0.4) is 0 Å². The number of pyridine rings is 1. The third-order valence-electron chi connectivity index (χ3n) is 4.30. The van der Waals surface area contributed by atoms with Crippen molar-refractivity contribution in [3.8, 4) is 0 Å². The molecule has 0 saturated carbocycles. The number of thiazole rings is 1. The Bertz CT molecular complexity index is 1080. The SMILES string of the molecule is CC(=Cc1cnc2cc(CCc3nc(C(C)C)cs3)ccn2c1=O)C(=O)O. The van der Waals surface area contributed by atoms with Crippen molar-refractivity contribution in [2.45, 2.75) is 39.5 Å². The van der Waals surface area contributed by atoms with Crippen LogP contribution in [0.2, 0.25) is 0 Å². The summed E-state index contributed by atoms with van der Waals surface area (Å²) >= 11 is 1.68. The smallest absolute Gasteiger partial charge is 0.331 e. The summed E-state index contributed by atoms with van der Waals surface area (Å²) in [5.74, 6) is -0.627. The fourth-order valence-corrected chi connectivity index (χ4v) is 3.60. The van der Waals surface area contributed by atoms with Crippen LogP contribution in [0.4, 0.5) is 0 Å². The Hall–Kier alpha value is -2.80. The van der Waals surface area contributed by atoms with Gasteiger partial charge in [0, 0.05) is 29.8 Å². The lowest BCUT2D eigenvalue weighted by Crippen LogP contribution is -2.17. The minimum atomic E-state index is -1.06. The number of carbonyl (C=O) groups is 1. The Morgan fingerprint density at radius 3 is 2.81 bits per heavy atom. The van der Waals surface area contributed by atoms with Gasteiger partial charge in [-0.3, -0.25) is 9.20 Å². The van der Waals surface area contributed by atoms with Crippen LogP contribution in [0.5, 0.6) is 0 Å². The molecule has 0 aliphatic heterocycles. The first-order valence-electron chi connectivity index (χ1n) is 8.71. The highest BCUT2D eigenvalue weighted by Crippen LogP contribution is 2.19. The third kappa shape index (κ3) is 4.31. The van der Waals surface area contributed by atoms with Crippen LogP contribution in [0.15, 0.2) is 40.3 Å². The van der Waals surface area contributed by atoms with E-state index in [1.165, 1.54) is 23.6 Å². The minimum Gasteiger partial charge on any atom is -0.478 e. The predicted molar refractivity (Wildman–Crippen MR) is 106 cm³/mol. The molecule has 0 fully saturated rings. The van der Waals surface area contributed by atoms with Crippen molar-refractivity contribution < 1.29 is 9.90 Å². The van der Waals surface area contributed by atoms with E-state index in [2.05, 4.69) is 29.2 Å². The molecule has 0 atom stereocenters. The molecule has 3 aromatic rings. The number of hydrogen-bond acceptors (Lipinski definition) is 5. The number of aromatic nitrogens is 3. The molecule has 0 saturated heterocycles. The number of rotatable bonds is 6. The Balaban J connectivity index is 1.82. The van der Waals surface area contributed by atoms with Gasteiger partial charge in [0.15, 0.2) is 0 Å². The normalized spacial score (nSPS) is 12.1. The molecular formula is C20H21N3O3S. The van der Waals surface area contributed by atoms with Crippen molar-refractivity contribution >= 4 is 29.0 Å². The van der Waals surface area contributed by atoms with E-state index in [0.717, 1.165) is 29.1 Å². The van der Waals surface area contributed by atoms with Gasteiger partial charge in [-0.2, -0.15) is 0 Å². The Kier molecular flexibility index (Phi) is 5.51. The molecule has 7 heteroatoms. The Morgan fingerprint density at radius 1 is 1.37 bits per heavy atom. The van der Waals surface area contributed by atoms with Gasteiger partial charge in [0.2, 0.25) is 0 Å². The average Bonchev–Trinajstić information content (AvgIpc) is 3.11. The molecule has 3 heterocycles. The first-order chi connectivity index (χ1) is 12.8. The van der Waals surface area contributed by atoms with Gasteiger partial charge in [0.1, 0.15) is 5.65 Å². The summed E-state index contributed by atoms with van der Waals surface area (Å²) in [6, 6.07) is 3.78. The maximum absolute atomic E-state index is 12.5. The number of hydrogen-bond donors (Lipinski definition) is 1. The molecule has 0 bridgehead atoms. The quantitative estimate of drug-likeness (QED) is 0.658. The molecule has 0 aliphatic rings. The summed E-state index contributed by atoms with van der Waals surface area (Å²) in [4.78, 5) is 32.4. The van der Waals surface area contributed by atoms with Crippen LogP contribution in [0, 0.1) is 0 Å². The molecule has 0 amide bonds. The largest absolute Gasteiger partial charge is 0.478 e. The first kappa shape index (κ1) is 19.0. The summed E-state index contributed by atoms with van der Waals surface area (Å²) < 4.78 is 1.44. The number of aryl methyl sites for hydroxylation is 2. The first-order valence-corrected chi connectivity index (χ1v) is 9.59. The second kappa shape index (κ2) is 7.84. The van der Waals surface area contributed by atoms with Gasteiger partial charge in [-0.15, -0.1) is 11.3 Å². The van der Waals surface area contributed by atoms with Crippen molar-refractivity contribution in [1.29, 1.82) is 0 Å². The average molecular weight is 383 g/mol. The third-order valence-corrected chi connectivity index (χ3v) is 5.23. The van der Waals surface area contributed by atoms with Crippen LogP contribution in [0.25, 0.3) is 11.7 Å². The summed E-state index contributed by atoms with van der Waals surface area (Å²) in [6.45, 7) is 5.71. The maximum Gasteiger partial charge on any atom is 0.331 e. The van der Waals surface area contributed by atoms with Crippen LogP contribution < -0.4 is 5.56 Å². The van der Waals surface area contributed by atoms with Crippen molar-refractivity contribution in [3.63, 3.8) is 0 Å². The molecule has 1 N–H and O–H groups in total. The zero-order chi connectivity index (χ0) is 19.6. The lowest BCUT2D eigenvalue weighted by Gasteiger charge is -2.05. The number of nitrogens with zero attached hydrogens (tertiary/aromatic N) is 3. The van der Waals surface area contributed by atoms with E-state index in [-0.39, 0.29) is 16.7 Å². The number of carboxylic acid groups (broad SMARTS) is 1. The molecular weight excluding hydrogens is 362 g/mol. The molecule has 0 aromatic carbocycles. The monoisotopic (exact) mass is 383 g/mol. The highest BCUT2D eigenvalue weighted by Gasteiger charge is 2.09. The topological polar surface area (TPSA) is 84.6 Å². The second-order valence-corrected chi connectivity index (χ2v) is 7.68. The van der Waals surface area contributed by atoms with Gasteiger partial charge in [0.05, 0.1) is 16.3 Å². The van der Waals surface area contributed by atoms with Crippen LogP contribution in [-0.2, 0) is 17.6 Å². The number of aliphatic carboxylic acids is 1. The molecule has 140 valence electrons. The van der Waals surface area contributed by atoms with Crippen molar-refractivity contribution in [1.82, 2.24) is 14.4 Å². The molecule has 0 radical (unpaired) electrons. The molecule has 0 unspecified atom stereocenters. The summed E-state index contributed by atoms with van der Waals surface area (Å²) in [5.41, 5.74) is 2.81. The van der Waals surface area contributed by atoms with Crippen LogP contribution in [0.1, 0.15) is 48.5 Å². The fraction of sp³-hybridized carbons (Fsp3) is 0.300. The summed E-state index contributed by atoms with van der Waals surface area (Å²) in [6.07, 6.45) is 6.11. The van der Waals surface area contributed by atoms with Crippen molar-refractivity contribution in [2.24, 2.45) is 0 Å². The lowest BCUT2D eigenvalue weighted by molar-refractivity contribution is -0.132. The van der Waals surface area contributed by atoms with Crippen LogP contribution in [-0.4, -0.2) is 25.4 Å². The van der Waals surface area contributed by atoms with E-state index >= 15 is 0 Å². The van der Waals surface area contributed by atoms with E-state index in [4.69, 9.17) is 5.11 Å². The Morgan fingerprint density at radius 2 is 2.15 bits per heavy atom. The molecule has 0 aliphatic carbocycles. The molecule has 27 heavy (non-hydrogen) atoms. The van der Waals surface area contributed by atoms with Gasteiger partial charge in [-0.1, -0.05) is 13.8 Å². The molecule has 3 aromatic heterocycles. The molecule has 0 spiro atoms. The van der Waals surface area contributed by atoms with Gasteiger partial charge < -0.3 is 5.11 Å². The minimum absolute atomic E-state index is 0.0923. The zero-order valence-electron chi connectivity index (χ0n) is 15.5. The maximum atomic E-state index is 12.5. The lowest BCUT2D eigenvalue weighted by atomic mass is 10.1. The molecule has 3 rings (SSSR count). The van der Waals surface area contributed by atoms with Gasteiger partial charge in [0.25, 0.3) is 5.56 Å². The van der Waals surface area contributed by atoms with Gasteiger partial charge in [-0.25, -0.2) is 14.8 Å². The van der Waals surface area contributed by atoms with Gasteiger partial charge in [-0.05, 0) is 43.0 Å². The van der Waals surface area contributed by atoms with Crippen molar-refractivity contribution in [3.05, 3.63) is 67.7 Å². The fourth-order valence-electron chi connectivity index (χ4n) is 2.64. The standard InChI is InChI=1S/C20H21N3O3S/c1-12(2)16-11-27-18(22-16)5-4-14-6-7-23-17(9-14)21-10-15(19(23)24)8-13(3)20(25)26/h6-12H,4-5H2,1-3H3,(H,25,26).